The Morgan fingerprint density at radius 1 is 1.21 bits per heavy atom. The van der Waals surface area contributed by atoms with Gasteiger partial charge in [0.05, 0.1) is 25.7 Å². The minimum absolute atomic E-state index is 0.0544. The first-order valence-corrected chi connectivity index (χ1v) is 13.4. The van der Waals surface area contributed by atoms with E-state index in [0.717, 1.165) is 29.5 Å². The smallest absolute Gasteiger partial charge is 0.306 e. The van der Waals surface area contributed by atoms with Gasteiger partial charge in [0.1, 0.15) is 29.2 Å². The van der Waals surface area contributed by atoms with E-state index in [9.17, 15) is 9.90 Å². The van der Waals surface area contributed by atoms with Gasteiger partial charge in [0, 0.05) is 40.9 Å². The van der Waals surface area contributed by atoms with Crippen molar-refractivity contribution in [1.82, 2.24) is 4.98 Å². The second kappa shape index (κ2) is 11.2. The number of carbonyl (C=O) groups excluding carboxylic acids is 1. The van der Waals surface area contributed by atoms with Gasteiger partial charge in [0.2, 0.25) is 5.88 Å². The molecule has 0 saturated heterocycles. The fourth-order valence-corrected chi connectivity index (χ4v) is 5.26. The number of ether oxygens (including phenoxy) is 4. The van der Waals surface area contributed by atoms with Crippen LogP contribution in [0.3, 0.4) is 0 Å². The van der Waals surface area contributed by atoms with Crippen LogP contribution in [0.1, 0.15) is 73.8 Å². The van der Waals surface area contributed by atoms with Crippen LogP contribution in [0.25, 0.3) is 0 Å². The number of methoxy groups -OCH3 is 1. The molecule has 8 heteroatoms. The molecule has 1 unspecified atom stereocenters. The van der Waals surface area contributed by atoms with Crippen LogP contribution in [0.2, 0.25) is 0 Å². The van der Waals surface area contributed by atoms with E-state index < -0.39 is 11.7 Å². The first-order valence-electron chi connectivity index (χ1n) is 13.4. The predicted octanol–water partition coefficient (Wildman–Crippen LogP) is 6.21. The lowest BCUT2D eigenvalue weighted by atomic mass is 9.98. The number of aromatic nitrogens is 1. The predicted molar refractivity (Wildman–Crippen MR) is 143 cm³/mol. The van der Waals surface area contributed by atoms with Gasteiger partial charge in [-0.15, -0.1) is 0 Å². The fraction of sp³-hybridized carbons (Fsp3) is 0.419. The summed E-state index contributed by atoms with van der Waals surface area (Å²) in [7, 11) is 1.38. The fourth-order valence-electron chi connectivity index (χ4n) is 5.26. The average Bonchev–Trinajstić information content (AvgIpc) is 3.50. The van der Waals surface area contributed by atoms with Gasteiger partial charge in [-0.25, -0.2) is 9.37 Å². The normalized spacial score (nSPS) is 17.8. The number of benzene rings is 2. The van der Waals surface area contributed by atoms with Gasteiger partial charge in [-0.2, -0.15) is 0 Å². The molecule has 0 amide bonds. The van der Waals surface area contributed by atoms with Gasteiger partial charge in [0.15, 0.2) is 0 Å². The number of hydrogen-bond donors (Lipinski definition) is 1. The first-order chi connectivity index (χ1) is 18.7. The van der Waals surface area contributed by atoms with E-state index in [1.165, 1.54) is 13.2 Å². The van der Waals surface area contributed by atoms with Crippen molar-refractivity contribution in [2.24, 2.45) is 0 Å². The molecular formula is C31H34FNO6. The molecular weight excluding hydrogens is 501 g/mol. The van der Waals surface area contributed by atoms with E-state index >= 15 is 4.39 Å². The van der Waals surface area contributed by atoms with E-state index in [0.29, 0.717) is 54.6 Å². The maximum Gasteiger partial charge on any atom is 0.306 e. The highest BCUT2D eigenvalue weighted by atomic mass is 19.1. The molecule has 1 aromatic heterocycles. The number of carbonyl (C=O) groups is 1. The van der Waals surface area contributed by atoms with Crippen LogP contribution >= 0.6 is 0 Å². The Morgan fingerprint density at radius 2 is 2.05 bits per heavy atom. The molecule has 0 spiro atoms. The van der Waals surface area contributed by atoms with Crippen molar-refractivity contribution in [2.75, 3.05) is 13.7 Å². The number of aliphatic hydroxyl groups is 1. The minimum atomic E-state index is -0.676. The summed E-state index contributed by atoms with van der Waals surface area (Å²) in [4.78, 5) is 16.1. The molecule has 1 aliphatic heterocycles. The van der Waals surface area contributed by atoms with E-state index in [-0.39, 0.29) is 24.1 Å². The van der Waals surface area contributed by atoms with Gasteiger partial charge in [0.25, 0.3) is 0 Å². The standard InChI is InChI=1S/C31H34FNO6/c1-31(2,35)14-4-5-19-6-13-28(33-17-19)39-25-12-10-24(32)30-23(25)9-11-26(30)38-21-7-8-22-20(15-29(34)36-3)18-37-27(22)16-21/h6-8,10,12-13,16-17,20,26,35H,4-5,9,11,14-15,18H2,1-3H3/t20?,26-/m1/s1. The second-order valence-electron chi connectivity index (χ2n) is 10.8. The van der Waals surface area contributed by atoms with E-state index in [1.807, 2.05) is 38.1 Å². The molecule has 0 saturated carbocycles. The Hall–Kier alpha value is -3.65. The highest BCUT2D eigenvalue weighted by Gasteiger charge is 2.32. The largest absolute Gasteiger partial charge is 0.492 e. The van der Waals surface area contributed by atoms with Crippen LogP contribution in [0.5, 0.6) is 23.1 Å². The van der Waals surface area contributed by atoms with Crippen molar-refractivity contribution in [3.8, 4) is 23.1 Å². The van der Waals surface area contributed by atoms with Crippen molar-refractivity contribution in [3.63, 3.8) is 0 Å². The molecule has 2 aliphatic rings. The molecule has 1 aliphatic carbocycles. The molecule has 0 radical (unpaired) electrons. The second-order valence-corrected chi connectivity index (χ2v) is 10.8. The highest BCUT2D eigenvalue weighted by molar-refractivity contribution is 5.71. The van der Waals surface area contributed by atoms with Crippen LogP contribution in [0.15, 0.2) is 48.7 Å². The quantitative estimate of drug-likeness (QED) is 0.309. The average molecular weight is 536 g/mol. The summed E-state index contributed by atoms with van der Waals surface area (Å²) in [5.74, 6) is 1.61. The molecule has 2 aromatic carbocycles. The van der Waals surface area contributed by atoms with Crippen molar-refractivity contribution in [2.45, 2.75) is 70.0 Å². The maximum absolute atomic E-state index is 15.0. The molecule has 39 heavy (non-hydrogen) atoms. The number of halogens is 1. The first kappa shape index (κ1) is 26.9. The van der Waals surface area contributed by atoms with Gasteiger partial charge < -0.3 is 24.1 Å². The zero-order valence-electron chi connectivity index (χ0n) is 22.5. The topological polar surface area (TPSA) is 87.1 Å². The highest BCUT2D eigenvalue weighted by Crippen LogP contribution is 2.44. The molecule has 7 nitrogen and oxygen atoms in total. The number of hydrogen-bond acceptors (Lipinski definition) is 7. The summed E-state index contributed by atoms with van der Waals surface area (Å²) >= 11 is 0. The summed E-state index contributed by atoms with van der Waals surface area (Å²) in [6.07, 6.45) is 5.21. The minimum Gasteiger partial charge on any atom is -0.492 e. The molecule has 206 valence electrons. The Balaban J connectivity index is 1.26. The van der Waals surface area contributed by atoms with Crippen LogP contribution in [0, 0.1) is 5.82 Å². The molecule has 5 rings (SSSR count). The number of rotatable bonds is 10. The lowest BCUT2D eigenvalue weighted by Gasteiger charge is -2.17. The Kier molecular flexibility index (Phi) is 7.75. The number of aryl methyl sites for hydroxylation is 1. The summed E-state index contributed by atoms with van der Waals surface area (Å²) in [5, 5.41) is 9.89. The summed E-state index contributed by atoms with van der Waals surface area (Å²) in [6, 6.07) is 12.4. The maximum atomic E-state index is 15.0. The van der Waals surface area contributed by atoms with Gasteiger partial charge >= 0.3 is 5.97 Å². The summed E-state index contributed by atoms with van der Waals surface area (Å²) < 4.78 is 37.9. The molecule has 1 N–H and O–H groups in total. The van der Waals surface area contributed by atoms with Crippen molar-refractivity contribution in [1.29, 1.82) is 0 Å². The Labute approximate surface area is 227 Å². The van der Waals surface area contributed by atoms with Crippen molar-refractivity contribution >= 4 is 5.97 Å². The molecule has 3 aromatic rings. The lowest BCUT2D eigenvalue weighted by molar-refractivity contribution is -0.141. The van der Waals surface area contributed by atoms with Crippen molar-refractivity contribution < 1.29 is 33.2 Å². The van der Waals surface area contributed by atoms with E-state index in [1.54, 1.807) is 18.3 Å². The third kappa shape index (κ3) is 6.33. The third-order valence-electron chi connectivity index (χ3n) is 7.29. The number of pyridine rings is 1. The number of nitrogens with zero attached hydrogens (tertiary/aromatic N) is 1. The van der Waals surface area contributed by atoms with Crippen LogP contribution in [-0.2, 0) is 22.4 Å². The third-order valence-corrected chi connectivity index (χ3v) is 7.29. The van der Waals surface area contributed by atoms with E-state index in [4.69, 9.17) is 18.9 Å². The number of esters is 1. The molecule has 0 bridgehead atoms. The van der Waals surface area contributed by atoms with Crippen LogP contribution in [0.4, 0.5) is 4.39 Å². The molecule has 0 fully saturated rings. The Bertz CT molecular complexity index is 1330. The summed E-state index contributed by atoms with van der Waals surface area (Å²) in [5.41, 5.74) is 2.62. The SMILES string of the molecule is COC(=O)CC1COc2cc(O[C@@H]3CCc4c(Oc5ccc(CCCC(C)(C)O)cn5)ccc(F)c43)ccc21. The zero-order valence-corrected chi connectivity index (χ0v) is 22.5. The molecule has 2 heterocycles. The van der Waals surface area contributed by atoms with Gasteiger partial charge in [-0.05, 0) is 69.7 Å². The number of fused-ring (bicyclic) bond motifs is 2. The van der Waals surface area contributed by atoms with Crippen molar-refractivity contribution in [3.05, 3.63) is 76.7 Å². The van der Waals surface area contributed by atoms with E-state index in [2.05, 4.69) is 4.98 Å². The zero-order chi connectivity index (χ0) is 27.6. The van der Waals surface area contributed by atoms with Gasteiger partial charge in [-0.1, -0.05) is 12.1 Å². The van der Waals surface area contributed by atoms with Crippen LogP contribution < -0.4 is 14.2 Å². The summed E-state index contributed by atoms with van der Waals surface area (Å²) in [6.45, 7) is 4.03. The Morgan fingerprint density at radius 3 is 2.79 bits per heavy atom. The lowest BCUT2D eigenvalue weighted by Crippen LogP contribution is -2.18. The van der Waals surface area contributed by atoms with Gasteiger partial charge in [-0.3, -0.25) is 4.79 Å². The monoisotopic (exact) mass is 535 g/mol. The molecule has 2 atom stereocenters. The van der Waals surface area contributed by atoms with Crippen LogP contribution in [-0.4, -0.2) is 35.4 Å².